The predicted octanol–water partition coefficient (Wildman–Crippen LogP) is 4.06. The number of hydrogen-bond acceptors (Lipinski definition) is 3. The van der Waals surface area contributed by atoms with Crippen LogP contribution in [-0.2, 0) is 9.59 Å². The van der Waals surface area contributed by atoms with E-state index in [-0.39, 0.29) is 27.8 Å². The maximum atomic E-state index is 12.3. The van der Waals surface area contributed by atoms with E-state index < -0.39 is 5.60 Å². The third-order valence-corrected chi connectivity index (χ3v) is 9.09. The first-order valence-electron chi connectivity index (χ1n) is 9.76. The third-order valence-electron chi connectivity index (χ3n) is 8.67. The number of carbonyl (C=O) groups excluding carboxylic acids is 2. The van der Waals surface area contributed by atoms with Gasteiger partial charge in [-0.2, -0.15) is 0 Å². The molecule has 138 valence electrons. The molecule has 3 nitrogen and oxygen atoms in total. The van der Waals surface area contributed by atoms with E-state index in [2.05, 4.69) is 13.8 Å². The van der Waals surface area contributed by atoms with Crippen molar-refractivity contribution >= 4 is 23.2 Å². The first-order chi connectivity index (χ1) is 11.6. The smallest absolute Gasteiger partial charge is 0.161 e. The van der Waals surface area contributed by atoms with Crippen LogP contribution < -0.4 is 0 Å². The van der Waals surface area contributed by atoms with Crippen LogP contribution in [-0.4, -0.2) is 27.7 Å². The Morgan fingerprint density at radius 2 is 1.88 bits per heavy atom. The summed E-state index contributed by atoms with van der Waals surface area (Å²) in [6.07, 6.45) is 7.59. The van der Waals surface area contributed by atoms with E-state index >= 15 is 0 Å². The summed E-state index contributed by atoms with van der Waals surface area (Å²) in [5.74, 6) is 1.42. The van der Waals surface area contributed by atoms with Crippen molar-refractivity contribution in [3.05, 3.63) is 11.6 Å². The summed E-state index contributed by atoms with van der Waals surface area (Å²) >= 11 is 6.78. The molecule has 0 aromatic carbocycles. The number of fused-ring (bicyclic) bond motifs is 5. The van der Waals surface area contributed by atoms with E-state index in [1.165, 1.54) is 0 Å². The molecule has 0 amide bonds. The van der Waals surface area contributed by atoms with Crippen molar-refractivity contribution in [3.8, 4) is 0 Å². The van der Waals surface area contributed by atoms with Crippen LogP contribution in [0.15, 0.2) is 11.6 Å². The van der Waals surface area contributed by atoms with E-state index in [0.717, 1.165) is 37.7 Å². The van der Waals surface area contributed by atoms with Gasteiger partial charge in [0.05, 0.1) is 5.38 Å². The highest BCUT2D eigenvalue weighted by Crippen LogP contribution is 2.68. The number of halogens is 1. The van der Waals surface area contributed by atoms with Crippen LogP contribution in [0.4, 0.5) is 0 Å². The van der Waals surface area contributed by atoms with Crippen LogP contribution in [0.2, 0.25) is 0 Å². The Morgan fingerprint density at radius 3 is 2.56 bits per heavy atom. The number of allylic oxidation sites excluding steroid dienone is 1. The summed E-state index contributed by atoms with van der Waals surface area (Å²) in [5.41, 5.74) is -0.362. The minimum absolute atomic E-state index is 0.00149. The van der Waals surface area contributed by atoms with Gasteiger partial charge in [0.25, 0.3) is 0 Å². The summed E-state index contributed by atoms with van der Waals surface area (Å²) in [7, 11) is 0. The van der Waals surface area contributed by atoms with Crippen molar-refractivity contribution in [2.75, 3.05) is 0 Å². The number of alkyl halides is 1. The van der Waals surface area contributed by atoms with Crippen molar-refractivity contribution in [1.29, 1.82) is 0 Å². The zero-order valence-corrected chi connectivity index (χ0v) is 16.2. The first-order valence-corrected chi connectivity index (χ1v) is 10.2. The molecule has 3 fully saturated rings. The van der Waals surface area contributed by atoms with Gasteiger partial charge in [-0.25, -0.2) is 0 Å². The lowest BCUT2D eigenvalue weighted by Gasteiger charge is -2.59. The molecule has 4 aliphatic rings. The Morgan fingerprint density at radius 1 is 1.20 bits per heavy atom. The number of aliphatic hydroxyl groups is 1. The Balaban J connectivity index is 1.73. The summed E-state index contributed by atoms with van der Waals surface area (Å²) in [6.45, 7) is 5.97. The van der Waals surface area contributed by atoms with Crippen LogP contribution in [0, 0.1) is 28.6 Å². The molecule has 0 radical (unpaired) electrons. The number of ketones is 2. The number of rotatable bonds is 1. The molecule has 4 heteroatoms. The SMILES string of the molecule is CC(=O)[C@]1(O)CC[C@@H]2[C@H]3C[C@H](Cl)C4=CC(=O)CC[C@@]4(C)[C@H]3CC[C@@]21C. The minimum atomic E-state index is -1.18. The lowest BCUT2D eigenvalue weighted by atomic mass is 9.46. The van der Waals surface area contributed by atoms with Gasteiger partial charge in [0.2, 0.25) is 0 Å². The zero-order valence-electron chi connectivity index (χ0n) is 15.5. The van der Waals surface area contributed by atoms with E-state index in [0.29, 0.717) is 30.6 Å². The van der Waals surface area contributed by atoms with E-state index in [4.69, 9.17) is 11.6 Å². The molecule has 0 aliphatic heterocycles. The molecule has 4 rings (SSSR count). The van der Waals surface area contributed by atoms with Gasteiger partial charge in [0.1, 0.15) is 5.60 Å². The molecule has 0 unspecified atom stereocenters. The Hall–Kier alpha value is -0.670. The standard InChI is InChI=1S/C21H29ClO3/c1-12(23)21(25)9-6-16-14-11-18(22)17-10-13(24)4-7-19(17,2)15(14)5-8-20(16,21)3/h10,14-16,18,25H,4-9,11H2,1-3H3/t14-,15-,16+,18-,19-,20-,21+/m0/s1. The largest absolute Gasteiger partial charge is 0.382 e. The molecule has 0 aromatic rings. The van der Waals surface area contributed by atoms with Crippen molar-refractivity contribution in [1.82, 2.24) is 0 Å². The van der Waals surface area contributed by atoms with Crippen LogP contribution in [0.5, 0.6) is 0 Å². The molecule has 3 saturated carbocycles. The number of hydrogen-bond donors (Lipinski definition) is 1. The fourth-order valence-electron chi connectivity index (χ4n) is 7.15. The van der Waals surface area contributed by atoms with Crippen LogP contribution in [0.1, 0.15) is 65.7 Å². The van der Waals surface area contributed by atoms with Crippen molar-refractivity contribution in [2.45, 2.75) is 76.7 Å². The van der Waals surface area contributed by atoms with Gasteiger partial charge in [0.15, 0.2) is 11.6 Å². The van der Waals surface area contributed by atoms with Crippen molar-refractivity contribution in [3.63, 3.8) is 0 Å². The van der Waals surface area contributed by atoms with Crippen molar-refractivity contribution < 1.29 is 14.7 Å². The predicted molar refractivity (Wildman–Crippen MR) is 97.4 cm³/mol. The van der Waals surface area contributed by atoms with Gasteiger partial charge >= 0.3 is 0 Å². The molecule has 0 saturated heterocycles. The van der Waals surface area contributed by atoms with Gasteiger partial charge in [-0.15, -0.1) is 11.6 Å². The van der Waals surface area contributed by atoms with E-state index in [9.17, 15) is 14.7 Å². The molecule has 0 aromatic heterocycles. The summed E-state index contributed by atoms with van der Waals surface area (Å²) < 4.78 is 0. The molecule has 25 heavy (non-hydrogen) atoms. The fourth-order valence-corrected chi connectivity index (χ4v) is 7.67. The van der Waals surface area contributed by atoms with Gasteiger partial charge in [-0.05, 0) is 80.3 Å². The minimum Gasteiger partial charge on any atom is -0.382 e. The van der Waals surface area contributed by atoms with Gasteiger partial charge in [-0.3, -0.25) is 9.59 Å². The highest BCUT2D eigenvalue weighted by atomic mass is 35.5. The van der Waals surface area contributed by atoms with Gasteiger partial charge in [-0.1, -0.05) is 13.8 Å². The second kappa shape index (κ2) is 5.42. The Bertz CT molecular complexity index is 670. The molecule has 0 heterocycles. The highest BCUT2D eigenvalue weighted by Gasteiger charge is 2.66. The van der Waals surface area contributed by atoms with Crippen LogP contribution in [0.3, 0.4) is 0 Å². The fraction of sp³-hybridized carbons (Fsp3) is 0.810. The third kappa shape index (κ3) is 2.15. The quantitative estimate of drug-likeness (QED) is 0.714. The summed E-state index contributed by atoms with van der Waals surface area (Å²) in [5, 5.41) is 11.1. The van der Waals surface area contributed by atoms with Crippen LogP contribution >= 0.6 is 11.6 Å². The molecule has 4 aliphatic carbocycles. The molecule has 1 N–H and O–H groups in total. The normalized spacial score (nSPS) is 52.0. The second-order valence-corrected chi connectivity index (χ2v) is 10.0. The average Bonchev–Trinajstić information content (AvgIpc) is 2.83. The maximum absolute atomic E-state index is 12.3. The second-order valence-electron chi connectivity index (χ2n) is 9.47. The number of carbonyl (C=O) groups is 2. The monoisotopic (exact) mass is 364 g/mol. The van der Waals surface area contributed by atoms with E-state index in [1.54, 1.807) is 6.92 Å². The zero-order chi connectivity index (χ0) is 18.2. The lowest BCUT2D eigenvalue weighted by Crippen LogP contribution is -2.58. The molecular weight excluding hydrogens is 336 g/mol. The van der Waals surface area contributed by atoms with Gasteiger partial charge < -0.3 is 5.11 Å². The lowest BCUT2D eigenvalue weighted by molar-refractivity contribution is -0.160. The molecule has 7 atom stereocenters. The summed E-state index contributed by atoms with van der Waals surface area (Å²) in [4.78, 5) is 24.2. The Kier molecular flexibility index (Phi) is 3.84. The topological polar surface area (TPSA) is 54.4 Å². The van der Waals surface area contributed by atoms with Crippen LogP contribution in [0.25, 0.3) is 0 Å². The maximum Gasteiger partial charge on any atom is 0.161 e. The average molecular weight is 365 g/mol. The molecule has 0 bridgehead atoms. The van der Waals surface area contributed by atoms with Gasteiger partial charge in [0, 0.05) is 11.8 Å². The Labute approximate surface area is 155 Å². The highest BCUT2D eigenvalue weighted by molar-refractivity contribution is 6.23. The van der Waals surface area contributed by atoms with Crippen molar-refractivity contribution in [2.24, 2.45) is 28.6 Å². The van der Waals surface area contributed by atoms with E-state index in [1.807, 2.05) is 6.08 Å². The molecular formula is C21H29ClO3. The summed E-state index contributed by atoms with van der Waals surface area (Å²) in [6, 6.07) is 0. The first kappa shape index (κ1) is 17.7. The number of Topliss-reactive ketones (excluding diaryl/α,β-unsaturated/α-hetero) is 1. The molecule has 0 spiro atoms.